The highest BCUT2D eigenvalue weighted by molar-refractivity contribution is 4.71. The first-order valence-electron chi connectivity index (χ1n) is 5.33. The summed E-state index contributed by atoms with van der Waals surface area (Å²) >= 11 is 0. The van der Waals surface area contributed by atoms with E-state index in [4.69, 9.17) is 5.84 Å². The molecule has 2 heteroatoms. The molecule has 72 valence electrons. The Kier molecular flexibility index (Phi) is 4.62. The maximum Gasteiger partial charge on any atom is 0.0210 e. The van der Waals surface area contributed by atoms with Gasteiger partial charge in [-0.05, 0) is 18.8 Å². The maximum absolute atomic E-state index is 5.45. The highest BCUT2D eigenvalue weighted by Crippen LogP contribution is 2.27. The fourth-order valence-corrected chi connectivity index (χ4v) is 2.18. The van der Waals surface area contributed by atoms with Crippen molar-refractivity contribution in [2.45, 2.75) is 57.9 Å². The standard InChI is InChI=1S/C10H22N2/c1-2-10(12-11)8-9-6-4-3-5-7-9/h9-10,12H,2-8,11H2,1H3. The van der Waals surface area contributed by atoms with Crippen LogP contribution in [0.3, 0.4) is 0 Å². The van der Waals surface area contributed by atoms with Gasteiger partial charge in [0.1, 0.15) is 0 Å². The van der Waals surface area contributed by atoms with Gasteiger partial charge in [0, 0.05) is 6.04 Å². The van der Waals surface area contributed by atoms with Gasteiger partial charge in [-0.3, -0.25) is 11.3 Å². The molecule has 0 saturated heterocycles. The summed E-state index contributed by atoms with van der Waals surface area (Å²) in [6.45, 7) is 2.20. The summed E-state index contributed by atoms with van der Waals surface area (Å²) in [6, 6.07) is 0.549. The number of nitrogens with one attached hydrogen (secondary N) is 1. The Morgan fingerprint density at radius 1 is 1.33 bits per heavy atom. The van der Waals surface area contributed by atoms with E-state index in [1.54, 1.807) is 0 Å². The van der Waals surface area contributed by atoms with Gasteiger partial charge in [-0.25, -0.2) is 0 Å². The number of hydrogen-bond donors (Lipinski definition) is 2. The maximum atomic E-state index is 5.45. The third-order valence-electron chi connectivity index (χ3n) is 3.07. The lowest BCUT2D eigenvalue weighted by molar-refractivity contribution is 0.295. The molecule has 1 aliphatic rings. The minimum absolute atomic E-state index is 0.549. The van der Waals surface area contributed by atoms with Crippen molar-refractivity contribution in [3.63, 3.8) is 0 Å². The lowest BCUT2D eigenvalue weighted by atomic mass is 9.84. The number of nitrogens with two attached hydrogens (primary N) is 1. The second kappa shape index (κ2) is 5.55. The zero-order valence-corrected chi connectivity index (χ0v) is 8.18. The van der Waals surface area contributed by atoms with E-state index in [2.05, 4.69) is 12.3 Å². The molecule has 1 atom stereocenters. The second-order valence-electron chi connectivity index (χ2n) is 4.01. The van der Waals surface area contributed by atoms with E-state index in [9.17, 15) is 0 Å². The highest BCUT2D eigenvalue weighted by atomic mass is 15.2. The second-order valence-corrected chi connectivity index (χ2v) is 4.01. The molecule has 0 aliphatic heterocycles. The van der Waals surface area contributed by atoms with Crippen molar-refractivity contribution in [1.82, 2.24) is 5.43 Å². The summed E-state index contributed by atoms with van der Waals surface area (Å²) < 4.78 is 0. The van der Waals surface area contributed by atoms with Crippen LogP contribution in [0, 0.1) is 5.92 Å². The van der Waals surface area contributed by atoms with Crippen molar-refractivity contribution in [3.8, 4) is 0 Å². The zero-order valence-electron chi connectivity index (χ0n) is 8.18. The van der Waals surface area contributed by atoms with E-state index >= 15 is 0 Å². The predicted octanol–water partition coefficient (Wildman–Crippen LogP) is 2.20. The largest absolute Gasteiger partial charge is 0.271 e. The van der Waals surface area contributed by atoms with Gasteiger partial charge < -0.3 is 0 Å². The van der Waals surface area contributed by atoms with Crippen LogP contribution in [0.25, 0.3) is 0 Å². The fourth-order valence-electron chi connectivity index (χ4n) is 2.18. The van der Waals surface area contributed by atoms with Gasteiger partial charge in [0.2, 0.25) is 0 Å². The topological polar surface area (TPSA) is 38.0 Å². The molecule has 1 saturated carbocycles. The summed E-state index contributed by atoms with van der Waals surface area (Å²) in [5, 5.41) is 0. The first-order chi connectivity index (χ1) is 5.86. The molecule has 0 aromatic heterocycles. The van der Waals surface area contributed by atoms with Gasteiger partial charge >= 0.3 is 0 Å². The van der Waals surface area contributed by atoms with Crippen molar-refractivity contribution in [2.24, 2.45) is 11.8 Å². The van der Waals surface area contributed by atoms with Crippen LogP contribution in [-0.4, -0.2) is 6.04 Å². The van der Waals surface area contributed by atoms with Gasteiger partial charge in [-0.1, -0.05) is 39.0 Å². The Balaban J connectivity index is 2.18. The van der Waals surface area contributed by atoms with Gasteiger partial charge in [-0.15, -0.1) is 0 Å². The van der Waals surface area contributed by atoms with Crippen LogP contribution >= 0.6 is 0 Å². The lowest BCUT2D eigenvalue weighted by Crippen LogP contribution is -2.36. The molecule has 3 N–H and O–H groups in total. The van der Waals surface area contributed by atoms with Crippen LogP contribution in [0.2, 0.25) is 0 Å². The van der Waals surface area contributed by atoms with Gasteiger partial charge in [0.05, 0.1) is 0 Å². The number of hydrogen-bond acceptors (Lipinski definition) is 2. The monoisotopic (exact) mass is 170 g/mol. The highest BCUT2D eigenvalue weighted by Gasteiger charge is 2.16. The molecule has 0 heterocycles. The zero-order chi connectivity index (χ0) is 8.81. The Bertz CT molecular complexity index is 104. The van der Waals surface area contributed by atoms with E-state index in [-0.39, 0.29) is 0 Å². The first-order valence-corrected chi connectivity index (χ1v) is 5.33. The number of rotatable bonds is 4. The first kappa shape index (κ1) is 10.0. The quantitative estimate of drug-likeness (QED) is 0.501. The molecule has 0 spiro atoms. The van der Waals surface area contributed by atoms with E-state index in [0.717, 1.165) is 12.3 Å². The van der Waals surface area contributed by atoms with E-state index < -0.39 is 0 Å². The SMILES string of the molecule is CCC(CC1CCCCC1)NN. The van der Waals surface area contributed by atoms with E-state index in [1.165, 1.54) is 38.5 Å². The molecule has 1 aliphatic carbocycles. The third-order valence-corrected chi connectivity index (χ3v) is 3.07. The summed E-state index contributed by atoms with van der Waals surface area (Å²) in [5.74, 6) is 6.39. The molecule has 0 bridgehead atoms. The Labute approximate surface area is 75.9 Å². The van der Waals surface area contributed by atoms with Gasteiger partial charge in [0.15, 0.2) is 0 Å². The molecule has 0 aromatic carbocycles. The van der Waals surface area contributed by atoms with Crippen molar-refractivity contribution in [3.05, 3.63) is 0 Å². The lowest BCUT2D eigenvalue weighted by Gasteiger charge is -2.25. The fraction of sp³-hybridized carbons (Fsp3) is 1.00. The average Bonchev–Trinajstić information content (AvgIpc) is 2.16. The van der Waals surface area contributed by atoms with Crippen LogP contribution < -0.4 is 11.3 Å². The van der Waals surface area contributed by atoms with Gasteiger partial charge in [-0.2, -0.15) is 0 Å². The molecular weight excluding hydrogens is 148 g/mol. The molecule has 0 radical (unpaired) electrons. The van der Waals surface area contributed by atoms with Crippen LogP contribution in [0.5, 0.6) is 0 Å². The number of hydrazine groups is 1. The molecule has 1 rings (SSSR count). The Morgan fingerprint density at radius 3 is 2.50 bits per heavy atom. The molecule has 0 amide bonds. The molecule has 1 fully saturated rings. The molecule has 12 heavy (non-hydrogen) atoms. The van der Waals surface area contributed by atoms with Crippen molar-refractivity contribution >= 4 is 0 Å². The predicted molar refractivity (Wildman–Crippen MR) is 52.6 cm³/mol. The van der Waals surface area contributed by atoms with Crippen LogP contribution in [-0.2, 0) is 0 Å². The minimum Gasteiger partial charge on any atom is -0.271 e. The molecular formula is C10H22N2. The van der Waals surface area contributed by atoms with Gasteiger partial charge in [0.25, 0.3) is 0 Å². The van der Waals surface area contributed by atoms with Crippen molar-refractivity contribution in [1.29, 1.82) is 0 Å². The summed E-state index contributed by atoms with van der Waals surface area (Å²) in [4.78, 5) is 0. The average molecular weight is 170 g/mol. The smallest absolute Gasteiger partial charge is 0.0210 e. The summed E-state index contributed by atoms with van der Waals surface area (Å²) in [7, 11) is 0. The Morgan fingerprint density at radius 2 is 2.00 bits per heavy atom. The van der Waals surface area contributed by atoms with Crippen LogP contribution in [0.15, 0.2) is 0 Å². The van der Waals surface area contributed by atoms with E-state index in [0.29, 0.717) is 6.04 Å². The molecule has 2 nitrogen and oxygen atoms in total. The van der Waals surface area contributed by atoms with Crippen molar-refractivity contribution < 1.29 is 0 Å². The van der Waals surface area contributed by atoms with Crippen LogP contribution in [0.4, 0.5) is 0 Å². The normalized spacial score (nSPS) is 22.5. The Hall–Kier alpha value is -0.0800. The van der Waals surface area contributed by atoms with Crippen LogP contribution in [0.1, 0.15) is 51.9 Å². The summed E-state index contributed by atoms with van der Waals surface area (Å²) in [6.07, 6.45) is 9.62. The van der Waals surface area contributed by atoms with Crippen molar-refractivity contribution in [2.75, 3.05) is 0 Å². The minimum atomic E-state index is 0.549. The summed E-state index contributed by atoms with van der Waals surface area (Å²) in [5.41, 5.74) is 2.90. The molecule has 0 aromatic rings. The molecule has 1 unspecified atom stereocenters. The van der Waals surface area contributed by atoms with E-state index in [1.807, 2.05) is 0 Å². The third kappa shape index (κ3) is 3.11.